The van der Waals surface area contributed by atoms with E-state index in [0.29, 0.717) is 33.8 Å². The SMILES string of the molecule is Cc1nc(SCC(=O)NCC2CN(Cc3ccc(Cl)c(Cl)c3)CCO2)sc1C=O. The number of carbonyl (C=O) groups excluding carboxylic acids is 2. The molecule has 1 aromatic carbocycles. The van der Waals surface area contributed by atoms with Crippen molar-refractivity contribution in [1.29, 1.82) is 0 Å². The summed E-state index contributed by atoms with van der Waals surface area (Å²) in [6.45, 7) is 5.15. The number of aromatic nitrogens is 1. The second-order valence-electron chi connectivity index (χ2n) is 6.62. The zero-order chi connectivity index (χ0) is 20.8. The summed E-state index contributed by atoms with van der Waals surface area (Å²) in [6.07, 6.45) is 0.727. The second kappa shape index (κ2) is 10.7. The van der Waals surface area contributed by atoms with Gasteiger partial charge in [0, 0.05) is 26.2 Å². The number of morpholine rings is 1. The number of aryl methyl sites for hydroxylation is 1. The lowest BCUT2D eigenvalue weighted by atomic mass is 10.2. The highest BCUT2D eigenvalue weighted by molar-refractivity contribution is 8.01. The maximum absolute atomic E-state index is 12.1. The molecule has 0 saturated carbocycles. The number of thioether (sulfide) groups is 1. The number of halogens is 2. The van der Waals surface area contributed by atoms with Crippen LogP contribution in [0, 0.1) is 6.92 Å². The van der Waals surface area contributed by atoms with Gasteiger partial charge in [0.1, 0.15) is 0 Å². The minimum atomic E-state index is -0.0827. The van der Waals surface area contributed by atoms with Crippen molar-refractivity contribution in [2.75, 3.05) is 32.0 Å². The molecule has 1 aliphatic rings. The maximum Gasteiger partial charge on any atom is 0.230 e. The number of benzene rings is 1. The first kappa shape index (κ1) is 22.5. The van der Waals surface area contributed by atoms with Gasteiger partial charge in [-0.05, 0) is 24.6 Å². The van der Waals surface area contributed by atoms with Gasteiger partial charge in [0.05, 0.1) is 39.1 Å². The molecule has 29 heavy (non-hydrogen) atoms. The van der Waals surface area contributed by atoms with Crippen molar-refractivity contribution in [3.8, 4) is 0 Å². The van der Waals surface area contributed by atoms with E-state index in [1.165, 1.54) is 23.1 Å². The summed E-state index contributed by atoms with van der Waals surface area (Å²) in [4.78, 5) is 30.2. The average molecular weight is 474 g/mol. The van der Waals surface area contributed by atoms with E-state index in [4.69, 9.17) is 27.9 Å². The average Bonchev–Trinajstić information content (AvgIpc) is 3.07. The summed E-state index contributed by atoms with van der Waals surface area (Å²) in [5.41, 5.74) is 1.79. The number of carbonyl (C=O) groups is 2. The first-order valence-electron chi connectivity index (χ1n) is 9.04. The molecule has 156 valence electrons. The lowest BCUT2D eigenvalue weighted by Gasteiger charge is -2.33. The quantitative estimate of drug-likeness (QED) is 0.465. The highest BCUT2D eigenvalue weighted by Crippen LogP contribution is 2.26. The standard InChI is InChI=1S/C19H21Cl2N3O3S2/c1-12-17(10-25)29-19(23-12)28-11-18(26)22-7-14-9-24(4-5-27-14)8-13-2-3-15(20)16(21)6-13/h2-3,6,10,14H,4-5,7-9,11H2,1H3,(H,22,26). The molecular formula is C19H21Cl2N3O3S2. The van der Waals surface area contributed by atoms with Gasteiger partial charge in [-0.3, -0.25) is 14.5 Å². The fourth-order valence-electron chi connectivity index (χ4n) is 2.90. The van der Waals surface area contributed by atoms with Crippen LogP contribution in [0.15, 0.2) is 22.5 Å². The number of nitrogens with zero attached hydrogens (tertiary/aromatic N) is 2. The molecule has 2 aromatic rings. The van der Waals surface area contributed by atoms with Gasteiger partial charge in [-0.1, -0.05) is 41.0 Å². The van der Waals surface area contributed by atoms with E-state index in [1.54, 1.807) is 13.0 Å². The molecule has 0 spiro atoms. The van der Waals surface area contributed by atoms with E-state index in [1.807, 2.05) is 12.1 Å². The van der Waals surface area contributed by atoms with Crippen LogP contribution < -0.4 is 5.32 Å². The van der Waals surface area contributed by atoms with Crippen molar-refractivity contribution in [2.24, 2.45) is 0 Å². The van der Waals surface area contributed by atoms with Gasteiger partial charge >= 0.3 is 0 Å². The Kier molecular flexibility index (Phi) is 8.35. The van der Waals surface area contributed by atoms with Crippen molar-refractivity contribution in [3.63, 3.8) is 0 Å². The molecule has 0 radical (unpaired) electrons. The van der Waals surface area contributed by atoms with Crippen LogP contribution in [-0.2, 0) is 16.1 Å². The Balaban J connectivity index is 1.42. The molecule has 1 N–H and O–H groups in total. The van der Waals surface area contributed by atoms with Gasteiger partial charge in [0.2, 0.25) is 5.91 Å². The Morgan fingerprint density at radius 1 is 1.45 bits per heavy atom. The van der Waals surface area contributed by atoms with E-state index in [-0.39, 0.29) is 17.8 Å². The number of nitrogens with one attached hydrogen (secondary N) is 1. The third-order valence-corrected chi connectivity index (χ3v) is 7.35. The predicted molar refractivity (Wildman–Crippen MR) is 117 cm³/mol. The molecule has 1 aromatic heterocycles. The van der Waals surface area contributed by atoms with Gasteiger partial charge in [-0.2, -0.15) is 0 Å². The van der Waals surface area contributed by atoms with Crippen molar-refractivity contribution in [2.45, 2.75) is 23.9 Å². The highest BCUT2D eigenvalue weighted by atomic mass is 35.5. The van der Waals surface area contributed by atoms with Crippen molar-refractivity contribution in [3.05, 3.63) is 44.4 Å². The summed E-state index contributed by atoms with van der Waals surface area (Å²) < 4.78 is 6.50. The van der Waals surface area contributed by atoms with Crippen molar-refractivity contribution < 1.29 is 14.3 Å². The van der Waals surface area contributed by atoms with Gasteiger partial charge in [-0.15, -0.1) is 11.3 Å². The Morgan fingerprint density at radius 2 is 2.28 bits per heavy atom. The summed E-state index contributed by atoms with van der Waals surface area (Å²) in [7, 11) is 0. The van der Waals surface area contributed by atoms with Crippen LogP contribution in [0.25, 0.3) is 0 Å². The third kappa shape index (κ3) is 6.67. The van der Waals surface area contributed by atoms with Crippen LogP contribution in [0.1, 0.15) is 20.9 Å². The molecule has 2 heterocycles. The lowest BCUT2D eigenvalue weighted by molar-refractivity contribution is -0.119. The molecule has 1 fully saturated rings. The summed E-state index contributed by atoms with van der Waals surface area (Å²) in [6, 6.07) is 5.65. The van der Waals surface area contributed by atoms with Gasteiger partial charge in [0.25, 0.3) is 0 Å². The topological polar surface area (TPSA) is 71.5 Å². The van der Waals surface area contributed by atoms with Crippen LogP contribution in [0.3, 0.4) is 0 Å². The molecule has 1 atom stereocenters. The number of aldehydes is 1. The molecule has 1 amide bonds. The van der Waals surface area contributed by atoms with Gasteiger partial charge < -0.3 is 10.1 Å². The third-order valence-electron chi connectivity index (χ3n) is 4.39. The van der Waals surface area contributed by atoms with E-state index < -0.39 is 0 Å². The molecule has 3 rings (SSSR count). The fourth-order valence-corrected chi connectivity index (χ4v) is 5.08. The zero-order valence-corrected chi connectivity index (χ0v) is 19.0. The Hall–Kier alpha value is -1.16. The summed E-state index contributed by atoms with van der Waals surface area (Å²) in [5, 5.41) is 4.01. The lowest BCUT2D eigenvalue weighted by Crippen LogP contribution is -2.47. The van der Waals surface area contributed by atoms with Crippen molar-refractivity contribution >= 4 is 58.5 Å². The fraction of sp³-hybridized carbons (Fsp3) is 0.421. The smallest absolute Gasteiger partial charge is 0.230 e. The van der Waals surface area contributed by atoms with Crippen molar-refractivity contribution in [1.82, 2.24) is 15.2 Å². The molecule has 0 bridgehead atoms. The second-order valence-corrected chi connectivity index (χ2v) is 9.68. The Labute approximate surface area is 187 Å². The number of rotatable bonds is 8. The molecule has 6 nitrogen and oxygen atoms in total. The van der Waals surface area contributed by atoms with E-state index in [0.717, 1.165) is 35.8 Å². The number of ether oxygens (including phenoxy) is 1. The minimum absolute atomic E-state index is 0.0655. The molecule has 10 heteroatoms. The molecule has 1 unspecified atom stereocenters. The Bertz CT molecular complexity index is 878. The van der Waals surface area contributed by atoms with Crippen LogP contribution in [-0.4, -0.2) is 60.2 Å². The molecule has 1 aliphatic heterocycles. The minimum Gasteiger partial charge on any atom is -0.374 e. The monoisotopic (exact) mass is 473 g/mol. The summed E-state index contributed by atoms with van der Waals surface area (Å²) >= 11 is 14.7. The van der Waals surface area contributed by atoms with Crippen LogP contribution in [0.5, 0.6) is 0 Å². The van der Waals surface area contributed by atoms with Crippen LogP contribution >= 0.6 is 46.3 Å². The largest absolute Gasteiger partial charge is 0.374 e. The van der Waals surface area contributed by atoms with E-state index >= 15 is 0 Å². The zero-order valence-electron chi connectivity index (χ0n) is 15.8. The number of hydrogen-bond acceptors (Lipinski definition) is 7. The highest BCUT2D eigenvalue weighted by Gasteiger charge is 2.21. The van der Waals surface area contributed by atoms with Gasteiger partial charge in [0.15, 0.2) is 10.6 Å². The van der Waals surface area contributed by atoms with E-state index in [2.05, 4.69) is 15.2 Å². The molecule has 0 aliphatic carbocycles. The van der Waals surface area contributed by atoms with Crippen LogP contribution in [0.4, 0.5) is 0 Å². The Morgan fingerprint density at radius 3 is 3.00 bits per heavy atom. The summed E-state index contributed by atoms with van der Waals surface area (Å²) in [5.74, 6) is 0.172. The number of thiazole rings is 1. The number of hydrogen-bond donors (Lipinski definition) is 1. The van der Waals surface area contributed by atoms with Crippen LogP contribution in [0.2, 0.25) is 10.0 Å². The van der Waals surface area contributed by atoms with E-state index in [9.17, 15) is 9.59 Å². The normalized spacial score (nSPS) is 17.3. The van der Waals surface area contributed by atoms with Gasteiger partial charge in [-0.25, -0.2) is 4.98 Å². The number of amides is 1. The first-order chi connectivity index (χ1) is 13.9. The maximum atomic E-state index is 12.1. The molecular weight excluding hydrogens is 453 g/mol. The molecule has 1 saturated heterocycles. The predicted octanol–water partition coefficient (Wildman–Crippen LogP) is 3.68. The first-order valence-corrected chi connectivity index (χ1v) is 11.6.